The predicted octanol–water partition coefficient (Wildman–Crippen LogP) is 5.74. The van der Waals surface area contributed by atoms with Crippen LogP contribution < -0.4 is 19.5 Å². The van der Waals surface area contributed by atoms with Gasteiger partial charge in [-0.3, -0.25) is 4.79 Å². The highest BCUT2D eigenvalue weighted by atomic mass is 32.1. The van der Waals surface area contributed by atoms with Gasteiger partial charge in [-0.15, -0.1) is 11.3 Å². The van der Waals surface area contributed by atoms with E-state index in [1.54, 1.807) is 19.1 Å². The van der Waals surface area contributed by atoms with E-state index in [4.69, 9.17) is 18.9 Å². The third-order valence-corrected chi connectivity index (χ3v) is 6.09. The third-order valence-electron chi connectivity index (χ3n) is 4.80. The maximum absolute atomic E-state index is 13.1. The van der Waals surface area contributed by atoms with Crippen molar-refractivity contribution in [3.8, 4) is 17.2 Å². The normalized spacial score (nSPS) is 12.1. The van der Waals surface area contributed by atoms with Gasteiger partial charge in [-0.2, -0.15) is 0 Å². The maximum Gasteiger partial charge on any atom is 0.341 e. The highest BCUT2D eigenvalue weighted by Crippen LogP contribution is 2.40. The molecule has 0 saturated heterocycles. The van der Waals surface area contributed by atoms with Gasteiger partial charge in [0.25, 0.3) is 5.91 Å². The maximum atomic E-state index is 13.1. The summed E-state index contributed by atoms with van der Waals surface area (Å²) in [4.78, 5) is 26.7. The second-order valence-electron chi connectivity index (χ2n) is 8.65. The van der Waals surface area contributed by atoms with Gasteiger partial charge in [-0.05, 0) is 42.9 Å². The van der Waals surface area contributed by atoms with Crippen LogP contribution >= 0.6 is 11.3 Å². The van der Waals surface area contributed by atoms with Crippen LogP contribution in [0.5, 0.6) is 17.2 Å². The van der Waals surface area contributed by atoms with Crippen molar-refractivity contribution in [1.29, 1.82) is 0 Å². The van der Waals surface area contributed by atoms with Crippen molar-refractivity contribution >= 4 is 28.2 Å². The van der Waals surface area contributed by atoms with Gasteiger partial charge in [0.05, 0.1) is 33.5 Å². The molecule has 1 amide bonds. The second kappa shape index (κ2) is 10.7. The lowest BCUT2D eigenvalue weighted by molar-refractivity contribution is 0.0528. The fraction of sp³-hybridized carbons (Fsp3) is 0.500. The summed E-state index contributed by atoms with van der Waals surface area (Å²) in [5, 5.41) is 3.33. The molecule has 2 aromatic rings. The lowest BCUT2D eigenvalue weighted by Gasteiger charge is -2.22. The Morgan fingerprint density at radius 3 is 2.09 bits per heavy atom. The number of methoxy groups -OCH3 is 3. The molecule has 0 aliphatic rings. The quantitative estimate of drug-likeness (QED) is 0.477. The van der Waals surface area contributed by atoms with Gasteiger partial charge in [0.15, 0.2) is 11.5 Å². The van der Waals surface area contributed by atoms with Crippen LogP contribution in [-0.2, 0) is 4.74 Å². The van der Waals surface area contributed by atoms with Gasteiger partial charge >= 0.3 is 5.97 Å². The van der Waals surface area contributed by atoms with Crippen molar-refractivity contribution in [2.45, 2.75) is 47.0 Å². The first-order chi connectivity index (χ1) is 15.0. The molecule has 0 saturated carbocycles. The molecule has 1 atom stereocenters. The molecule has 8 heteroatoms. The van der Waals surface area contributed by atoms with Crippen LogP contribution in [0.3, 0.4) is 0 Å². The number of benzene rings is 1. The molecular weight excluding hydrogens is 430 g/mol. The highest BCUT2D eigenvalue weighted by molar-refractivity contribution is 7.16. The Balaban J connectivity index is 2.42. The SMILES string of the molecule is CCOC(=O)c1cc(C(C)CC(C)(C)C)sc1NC(=O)c1cc(OC)c(OC)c(OC)c1. The van der Waals surface area contributed by atoms with Gasteiger partial charge in [0.1, 0.15) is 5.00 Å². The number of carbonyl (C=O) groups is 2. The van der Waals surface area contributed by atoms with E-state index in [0.29, 0.717) is 33.4 Å². The molecule has 7 nitrogen and oxygen atoms in total. The molecule has 0 radical (unpaired) electrons. The van der Waals surface area contributed by atoms with Gasteiger partial charge in [0.2, 0.25) is 5.75 Å². The fourth-order valence-corrected chi connectivity index (χ4v) is 4.61. The van der Waals surface area contributed by atoms with E-state index in [2.05, 4.69) is 33.0 Å². The predicted molar refractivity (Wildman–Crippen MR) is 127 cm³/mol. The Morgan fingerprint density at radius 2 is 1.62 bits per heavy atom. The fourth-order valence-electron chi connectivity index (χ4n) is 3.51. The zero-order chi connectivity index (χ0) is 24.1. The minimum atomic E-state index is -0.460. The van der Waals surface area contributed by atoms with E-state index in [9.17, 15) is 9.59 Å². The van der Waals surface area contributed by atoms with E-state index in [1.165, 1.54) is 32.7 Å². The van der Waals surface area contributed by atoms with Crippen molar-refractivity contribution in [3.63, 3.8) is 0 Å². The Bertz CT molecular complexity index is 935. The number of hydrogen-bond acceptors (Lipinski definition) is 7. The first-order valence-corrected chi connectivity index (χ1v) is 11.3. The Morgan fingerprint density at radius 1 is 1.03 bits per heavy atom. The minimum absolute atomic E-state index is 0.132. The zero-order valence-electron chi connectivity index (χ0n) is 20.1. The number of esters is 1. The van der Waals surface area contributed by atoms with Crippen LogP contribution in [-0.4, -0.2) is 39.8 Å². The molecule has 176 valence electrons. The lowest BCUT2D eigenvalue weighted by atomic mass is 9.85. The number of hydrogen-bond donors (Lipinski definition) is 1. The summed E-state index contributed by atoms with van der Waals surface area (Å²) in [7, 11) is 4.47. The standard InChI is InChI=1S/C24H33NO6S/c1-9-31-23(27)16-12-19(14(2)13-24(3,4)5)32-22(16)25-21(26)15-10-17(28-6)20(30-8)18(11-15)29-7/h10-12,14H,9,13H2,1-8H3,(H,25,26). The molecule has 0 bridgehead atoms. The summed E-state index contributed by atoms with van der Waals surface area (Å²) in [6.45, 7) is 10.7. The summed E-state index contributed by atoms with van der Waals surface area (Å²) in [5.41, 5.74) is 0.799. The summed E-state index contributed by atoms with van der Waals surface area (Å²) in [6, 6.07) is 4.96. The van der Waals surface area contributed by atoms with E-state index < -0.39 is 11.9 Å². The number of ether oxygens (including phenoxy) is 4. The molecule has 1 N–H and O–H groups in total. The Kier molecular flexibility index (Phi) is 8.55. The van der Waals surface area contributed by atoms with Gasteiger partial charge in [-0.1, -0.05) is 27.7 Å². The molecular formula is C24H33NO6S. The average molecular weight is 464 g/mol. The average Bonchev–Trinajstić information content (AvgIpc) is 3.15. The second-order valence-corrected chi connectivity index (χ2v) is 9.73. The molecule has 2 rings (SSSR count). The first-order valence-electron chi connectivity index (χ1n) is 10.5. The lowest BCUT2D eigenvalue weighted by Crippen LogP contribution is -2.14. The van der Waals surface area contributed by atoms with Crippen LogP contribution in [0.4, 0.5) is 5.00 Å². The van der Waals surface area contributed by atoms with Crippen molar-refractivity contribution in [2.75, 3.05) is 33.3 Å². The number of amides is 1. The molecule has 0 fully saturated rings. The topological polar surface area (TPSA) is 83.1 Å². The van der Waals surface area contributed by atoms with Crippen LogP contribution in [0.1, 0.15) is 72.6 Å². The zero-order valence-corrected chi connectivity index (χ0v) is 20.9. The Labute approximate surface area is 194 Å². The van der Waals surface area contributed by atoms with Crippen molar-refractivity contribution in [2.24, 2.45) is 5.41 Å². The van der Waals surface area contributed by atoms with E-state index in [0.717, 1.165) is 11.3 Å². The summed E-state index contributed by atoms with van der Waals surface area (Å²) < 4.78 is 21.2. The molecule has 1 aromatic carbocycles. The molecule has 0 aliphatic carbocycles. The Hall–Kier alpha value is -2.74. The molecule has 1 aromatic heterocycles. The number of carbonyl (C=O) groups excluding carboxylic acids is 2. The van der Waals surface area contributed by atoms with Gasteiger partial charge in [0, 0.05) is 10.4 Å². The number of anilines is 1. The van der Waals surface area contributed by atoms with E-state index in [1.807, 2.05) is 6.07 Å². The van der Waals surface area contributed by atoms with E-state index >= 15 is 0 Å². The van der Waals surface area contributed by atoms with Crippen LogP contribution in [0.2, 0.25) is 0 Å². The van der Waals surface area contributed by atoms with Crippen LogP contribution in [0, 0.1) is 5.41 Å². The summed E-state index contributed by atoms with van der Waals surface area (Å²) in [5.74, 6) is 0.500. The molecule has 32 heavy (non-hydrogen) atoms. The first kappa shape index (κ1) is 25.5. The van der Waals surface area contributed by atoms with Crippen LogP contribution in [0.25, 0.3) is 0 Å². The minimum Gasteiger partial charge on any atom is -0.493 e. The molecule has 1 heterocycles. The van der Waals surface area contributed by atoms with Crippen molar-refractivity contribution in [3.05, 3.63) is 34.2 Å². The molecule has 0 spiro atoms. The number of nitrogens with one attached hydrogen (secondary N) is 1. The van der Waals surface area contributed by atoms with Crippen molar-refractivity contribution in [1.82, 2.24) is 0 Å². The highest BCUT2D eigenvalue weighted by Gasteiger charge is 2.25. The number of thiophene rings is 1. The van der Waals surface area contributed by atoms with Gasteiger partial charge in [-0.25, -0.2) is 4.79 Å². The van der Waals surface area contributed by atoms with E-state index in [-0.39, 0.29) is 17.9 Å². The number of rotatable bonds is 9. The van der Waals surface area contributed by atoms with Gasteiger partial charge < -0.3 is 24.3 Å². The summed E-state index contributed by atoms with van der Waals surface area (Å²) in [6.07, 6.45) is 0.941. The monoisotopic (exact) mass is 463 g/mol. The smallest absolute Gasteiger partial charge is 0.341 e. The van der Waals surface area contributed by atoms with Crippen molar-refractivity contribution < 1.29 is 28.5 Å². The molecule has 1 unspecified atom stereocenters. The summed E-state index contributed by atoms with van der Waals surface area (Å²) >= 11 is 1.39. The molecule has 0 aliphatic heterocycles. The third kappa shape index (κ3) is 6.16. The largest absolute Gasteiger partial charge is 0.493 e. The van der Waals surface area contributed by atoms with Crippen LogP contribution in [0.15, 0.2) is 18.2 Å².